The summed E-state index contributed by atoms with van der Waals surface area (Å²) in [6, 6.07) is -12.3. The highest BCUT2D eigenvalue weighted by atomic mass is 79.9. The van der Waals surface area contributed by atoms with Gasteiger partial charge in [-0.15, -0.1) is 0 Å². The summed E-state index contributed by atoms with van der Waals surface area (Å²) in [6.45, 7) is 27.5. The number of aliphatic hydroxyl groups excluding tert-OH is 1. The Morgan fingerprint density at radius 3 is 1.30 bits per heavy atom. The van der Waals surface area contributed by atoms with Gasteiger partial charge < -0.3 is 60.7 Å². The van der Waals surface area contributed by atoms with E-state index in [2.05, 4.69) is 37.2 Å². The first kappa shape index (κ1) is 76.6. The highest BCUT2D eigenvalue weighted by Gasteiger charge is 2.45. The predicted octanol–water partition coefficient (Wildman–Crippen LogP) is 3.09. The summed E-state index contributed by atoms with van der Waals surface area (Å²) < 4.78 is 0. The van der Waals surface area contributed by atoms with Crippen molar-refractivity contribution in [3.63, 3.8) is 0 Å². The van der Waals surface area contributed by atoms with Gasteiger partial charge in [-0.25, -0.2) is 0 Å². The maximum Gasteiger partial charge on any atom is 0.246 e. The van der Waals surface area contributed by atoms with Crippen molar-refractivity contribution in [1.29, 1.82) is 0 Å². The van der Waals surface area contributed by atoms with Crippen LogP contribution in [0.1, 0.15) is 149 Å². The first-order chi connectivity index (χ1) is 38.7. The van der Waals surface area contributed by atoms with Crippen LogP contribution in [-0.2, 0) is 52.7 Å². The Hall–Kier alpha value is -5.39. The fraction of sp³-hybridized carbons (Fsp3) is 0.817. The Morgan fingerprint density at radius 1 is 0.452 bits per heavy atom. The number of nitrogens with zero attached hydrogens (tertiary/aromatic N) is 7. The fourth-order valence-corrected chi connectivity index (χ4v) is 11.3. The first-order valence-corrected chi connectivity index (χ1v) is 31.1. The van der Waals surface area contributed by atoms with E-state index in [1.165, 1.54) is 87.7 Å². The van der Waals surface area contributed by atoms with Crippen molar-refractivity contribution in [3.05, 3.63) is 0 Å². The van der Waals surface area contributed by atoms with Gasteiger partial charge in [0.2, 0.25) is 65.0 Å². The zero-order valence-corrected chi connectivity index (χ0v) is 56.6. The molecular formula is C60H108BrN11O12. The number of likely N-dealkylation sites (N-methyl/N-ethyl adjacent to an activating group) is 7. The van der Waals surface area contributed by atoms with Crippen LogP contribution in [0.2, 0.25) is 0 Å². The maximum absolute atomic E-state index is 15.1. The smallest absolute Gasteiger partial charge is 0.246 e. The second kappa shape index (κ2) is 34.7. The maximum atomic E-state index is 15.1. The minimum absolute atomic E-state index is 0.0257. The topological polar surface area (TPSA) is 279 Å². The molecule has 0 aromatic heterocycles. The molecule has 1 aliphatic rings. The van der Waals surface area contributed by atoms with Crippen molar-refractivity contribution in [2.45, 2.75) is 216 Å². The Kier molecular flexibility index (Phi) is 31.6. The molecular weight excluding hydrogens is 1150 g/mol. The minimum Gasteiger partial charge on any atom is -0.390 e. The number of amides is 11. The molecule has 482 valence electrons. The lowest BCUT2D eigenvalue weighted by Crippen LogP contribution is -2.63. The largest absolute Gasteiger partial charge is 0.390 e. The van der Waals surface area contributed by atoms with Crippen molar-refractivity contribution in [1.82, 2.24) is 55.6 Å². The number of carbonyl (C=O) groups is 11. The number of hydrogen-bond acceptors (Lipinski definition) is 12. The van der Waals surface area contributed by atoms with E-state index >= 15 is 9.59 Å². The first-order valence-electron chi connectivity index (χ1n) is 30.0. The van der Waals surface area contributed by atoms with E-state index in [4.69, 9.17) is 0 Å². The van der Waals surface area contributed by atoms with Crippen LogP contribution >= 0.6 is 15.9 Å². The van der Waals surface area contributed by atoms with Gasteiger partial charge >= 0.3 is 0 Å². The molecule has 1 fully saturated rings. The molecule has 0 saturated carbocycles. The molecule has 24 heteroatoms. The van der Waals surface area contributed by atoms with E-state index in [0.717, 1.165) is 9.80 Å². The van der Waals surface area contributed by atoms with Gasteiger partial charge in [0.25, 0.3) is 0 Å². The number of hydrogen-bond donors (Lipinski definition) is 5. The number of aliphatic hydroxyl groups is 1. The van der Waals surface area contributed by atoms with E-state index in [-0.39, 0.29) is 55.8 Å². The lowest BCUT2D eigenvalue weighted by Gasteiger charge is -2.41. The van der Waals surface area contributed by atoms with Crippen LogP contribution in [0, 0.1) is 41.4 Å². The summed E-state index contributed by atoms with van der Waals surface area (Å²) in [5.74, 6) is -9.65. The summed E-state index contributed by atoms with van der Waals surface area (Å²) in [5, 5.41) is 23.4. The number of carbonyl (C=O) groups excluding carboxylic acids is 11. The zero-order valence-electron chi connectivity index (χ0n) is 55.0. The highest BCUT2D eigenvalue weighted by Crippen LogP contribution is 2.26. The number of nitrogens with one attached hydrogen (secondary N) is 4. The SMILES string of the molecule is CC[C@@H]1NC(=O)C([C@H](O)[C@H](C)CCBr)N(C)C(=O)[C@H](C(C)C)N(C)C(=O)[C@H](CC(C)C)N(C)C(=O)[C@H](CC(C)C)N(C)C(=O)[C@@H](C)NC(=O)[C@H](C)NC(=O)[C@H](CC(C)C)N(C)C(=O)[C@H](C(C)C)NC(=O)[C@H](CC(C)C)N(C)C(=O)CN(C)C1=O. The lowest BCUT2D eigenvalue weighted by atomic mass is 9.92. The van der Waals surface area contributed by atoms with Crippen LogP contribution in [0.4, 0.5) is 0 Å². The minimum atomic E-state index is -1.60. The van der Waals surface area contributed by atoms with Gasteiger partial charge in [-0.1, -0.05) is 113 Å². The second-order valence-corrected chi connectivity index (χ2v) is 26.6. The van der Waals surface area contributed by atoms with E-state index in [9.17, 15) is 48.3 Å². The predicted molar refractivity (Wildman–Crippen MR) is 327 cm³/mol. The Balaban J connectivity index is 4.30. The van der Waals surface area contributed by atoms with Gasteiger partial charge in [-0.3, -0.25) is 52.7 Å². The molecule has 1 saturated heterocycles. The lowest BCUT2D eigenvalue weighted by molar-refractivity contribution is -0.157. The summed E-state index contributed by atoms with van der Waals surface area (Å²) in [5.41, 5.74) is 0. The van der Waals surface area contributed by atoms with Crippen molar-refractivity contribution < 1.29 is 57.8 Å². The summed E-state index contributed by atoms with van der Waals surface area (Å²) >= 11 is 3.41. The van der Waals surface area contributed by atoms with Crippen LogP contribution in [0.15, 0.2) is 0 Å². The second-order valence-electron chi connectivity index (χ2n) is 25.8. The third-order valence-electron chi connectivity index (χ3n) is 15.9. The van der Waals surface area contributed by atoms with Gasteiger partial charge in [-0.05, 0) is 93.8 Å². The molecule has 84 heavy (non-hydrogen) atoms. The highest BCUT2D eigenvalue weighted by molar-refractivity contribution is 9.09. The zero-order chi connectivity index (χ0) is 65.3. The fourth-order valence-electron chi connectivity index (χ4n) is 10.5. The Morgan fingerprint density at radius 2 is 0.857 bits per heavy atom. The average molecular weight is 1260 g/mol. The van der Waals surface area contributed by atoms with Gasteiger partial charge in [0.15, 0.2) is 0 Å². The van der Waals surface area contributed by atoms with E-state index in [0.29, 0.717) is 11.8 Å². The third-order valence-corrected chi connectivity index (χ3v) is 16.4. The molecule has 0 bridgehead atoms. The molecule has 0 spiro atoms. The van der Waals surface area contributed by atoms with Crippen molar-refractivity contribution in [3.8, 4) is 0 Å². The molecule has 0 radical (unpaired) electrons. The van der Waals surface area contributed by atoms with Crippen LogP contribution < -0.4 is 21.3 Å². The van der Waals surface area contributed by atoms with E-state index in [1.54, 1.807) is 41.5 Å². The van der Waals surface area contributed by atoms with Crippen LogP contribution in [0.5, 0.6) is 0 Å². The normalized spacial score (nSPS) is 27.0. The van der Waals surface area contributed by atoms with Gasteiger partial charge in [0.1, 0.15) is 60.4 Å². The molecule has 11 amide bonds. The van der Waals surface area contributed by atoms with Gasteiger partial charge in [0.05, 0.1) is 12.6 Å². The average Bonchev–Trinajstić information content (AvgIpc) is 2.71. The molecule has 1 unspecified atom stereocenters. The van der Waals surface area contributed by atoms with Crippen molar-refractivity contribution >= 4 is 80.9 Å². The number of rotatable bonds is 15. The monoisotopic (exact) mass is 1250 g/mol. The molecule has 0 aliphatic carbocycles. The molecule has 1 aliphatic heterocycles. The van der Waals surface area contributed by atoms with Gasteiger partial charge in [-0.2, -0.15) is 0 Å². The molecule has 12 atom stereocenters. The quantitative estimate of drug-likeness (QED) is 0.148. The van der Waals surface area contributed by atoms with Gasteiger partial charge in [0, 0.05) is 54.7 Å². The standard InChI is InChI=1S/C60H108BrN11O12/c1-24-41-56(80)66(17)31-46(73)67(18)42(27-32(2)3)53(77)65-47(36(10)11)59(83)68(19)43(28-33(4)5)52(76)62-39(15)51(75)63-40(16)55(79)69(20)44(29-34(6)7)57(81)70(21)45(30-35(8)9)58(82)71(22)48(37(12)13)60(84)72(23)49(54(78)64-41)50(74)38(14)25-26-61/h32-45,47-50,74H,24-31H2,1-23H3,(H,62,76)(H,63,75)(H,64,78)(H,65,77)/t38-,39+,40-,41+,42+,43+,44+,45+,47+,48+,49?,50-/m1/s1. The number of halogens is 1. The van der Waals surface area contributed by atoms with E-state index in [1.807, 2.05) is 55.4 Å². The van der Waals surface area contributed by atoms with Crippen LogP contribution in [-0.4, -0.2) is 232 Å². The Bertz CT molecular complexity index is 2270. The molecule has 23 nitrogen and oxygen atoms in total. The molecule has 5 N–H and O–H groups in total. The molecule has 1 rings (SSSR count). The third kappa shape index (κ3) is 21.2. The van der Waals surface area contributed by atoms with Crippen LogP contribution in [0.3, 0.4) is 0 Å². The summed E-state index contributed by atoms with van der Waals surface area (Å²) in [4.78, 5) is 168. The van der Waals surface area contributed by atoms with Crippen LogP contribution in [0.25, 0.3) is 0 Å². The van der Waals surface area contributed by atoms with Crippen molar-refractivity contribution in [2.24, 2.45) is 41.4 Å². The number of alkyl halides is 1. The molecule has 0 aromatic carbocycles. The molecule has 0 aromatic rings. The summed E-state index contributed by atoms with van der Waals surface area (Å²) in [6.07, 6.45) is -0.449. The van der Waals surface area contributed by atoms with Crippen molar-refractivity contribution in [2.75, 3.05) is 61.2 Å². The Labute approximate surface area is 510 Å². The van der Waals surface area contributed by atoms with E-state index < -0.39 is 156 Å². The summed E-state index contributed by atoms with van der Waals surface area (Å²) in [7, 11) is 9.91. The molecule has 1 heterocycles.